The maximum atomic E-state index is 12.5. The second kappa shape index (κ2) is 7.94. The van der Waals surface area contributed by atoms with E-state index in [2.05, 4.69) is 18.7 Å². The number of hydrogen-bond donors (Lipinski definition) is 0. The molecule has 0 spiro atoms. The predicted molar refractivity (Wildman–Crippen MR) is 111 cm³/mol. The van der Waals surface area contributed by atoms with E-state index in [1.165, 1.54) is 0 Å². The number of rotatable bonds is 7. The van der Waals surface area contributed by atoms with Crippen LogP contribution in [0.4, 0.5) is 0 Å². The van der Waals surface area contributed by atoms with Crippen molar-refractivity contribution in [2.45, 2.75) is 20.4 Å². The van der Waals surface area contributed by atoms with Gasteiger partial charge in [0.2, 0.25) is 0 Å². The molecule has 4 rings (SSSR count). The van der Waals surface area contributed by atoms with Crippen LogP contribution in [-0.4, -0.2) is 51.6 Å². The Morgan fingerprint density at radius 3 is 2.43 bits per heavy atom. The molecule has 0 saturated carbocycles. The van der Waals surface area contributed by atoms with Crippen LogP contribution in [0.1, 0.15) is 13.8 Å². The molecule has 0 atom stereocenters. The molecule has 6 heteroatoms. The maximum absolute atomic E-state index is 12.5. The van der Waals surface area contributed by atoms with Crippen molar-refractivity contribution in [2.75, 3.05) is 26.2 Å². The molecule has 0 aliphatic heterocycles. The molecule has 0 radical (unpaired) electrons. The summed E-state index contributed by atoms with van der Waals surface area (Å²) in [6.45, 7) is 7.36. The zero-order valence-electron chi connectivity index (χ0n) is 16.3. The van der Waals surface area contributed by atoms with Gasteiger partial charge in [0.25, 0.3) is 0 Å². The van der Waals surface area contributed by atoms with E-state index in [0.717, 1.165) is 47.1 Å². The molecule has 2 aromatic carbocycles. The summed E-state index contributed by atoms with van der Waals surface area (Å²) in [5, 5.41) is 0.992. The van der Waals surface area contributed by atoms with Crippen molar-refractivity contribution < 1.29 is 9.53 Å². The lowest BCUT2D eigenvalue weighted by Crippen LogP contribution is -2.28. The van der Waals surface area contributed by atoms with Gasteiger partial charge < -0.3 is 14.2 Å². The lowest BCUT2D eigenvalue weighted by atomic mass is 10.2. The number of benzene rings is 2. The Morgan fingerprint density at radius 2 is 1.68 bits per heavy atom. The van der Waals surface area contributed by atoms with Crippen molar-refractivity contribution in [3.8, 4) is 0 Å². The molecule has 0 amide bonds. The Morgan fingerprint density at radius 1 is 1.00 bits per heavy atom. The molecule has 0 unspecified atom stereocenters. The van der Waals surface area contributed by atoms with Crippen molar-refractivity contribution in [1.82, 2.24) is 19.4 Å². The smallest absolute Gasteiger partial charge is 0.326 e. The Bertz CT molecular complexity index is 1130. The highest BCUT2D eigenvalue weighted by Crippen LogP contribution is 2.28. The summed E-state index contributed by atoms with van der Waals surface area (Å²) in [6.07, 6.45) is 0. The molecule has 0 aliphatic rings. The molecule has 2 aromatic heterocycles. The quantitative estimate of drug-likeness (QED) is 0.461. The Labute approximate surface area is 163 Å². The average Bonchev–Trinajstić information content (AvgIpc) is 3.02. The topological polar surface area (TPSA) is 60.2 Å². The van der Waals surface area contributed by atoms with E-state index in [1.807, 2.05) is 53.1 Å². The summed E-state index contributed by atoms with van der Waals surface area (Å²) in [6, 6.07) is 15.7. The third-order valence-electron chi connectivity index (χ3n) is 5.11. The van der Waals surface area contributed by atoms with E-state index in [1.54, 1.807) is 0 Å². The van der Waals surface area contributed by atoms with E-state index in [9.17, 15) is 4.79 Å². The minimum atomic E-state index is -0.259. The fourth-order valence-electron chi connectivity index (χ4n) is 3.55. The van der Waals surface area contributed by atoms with Crippen LogP contribution >= 0.6 is 0 Å². The number of aromatic nitrogens is 3. The highest BCUT2D eigenvalue weighted by Gasteiger charge is 2.17. The number of nitrogens with zero attached hydrogens (tertiary/aromatic N) is 4. The van der Waals surface area contributed by atoms with Gasteiger partial charge in [0, 0.05) is 11.9 Å². The zero-order chi connectivity index (χ0) is 19.5. The largest absolute Gasteiger partial charge is 0.463 e. The Kier molecular flexibility index (Phi) is 5.21. The average molecular weight is 376 g/mol. The molecule has 0 aliphatic carbocycles. The SMILES string of the molecule is CCN(CC)CCOC(=O)Cn1c2ccccc2c2nc3ccccc3nc21. The number of likely N-dealkylation sites (N-methyl/N-ethyl adjacent to an activating group) is 1. The van der Waals surface area contributed by atoms with Crippen molar-refractivity contribution >= 4 is 39.1 Å². The van der Waals surface area contributed by atoms with Crippen LogP contribution in [0, 0.1) is 0 Å². The summed E-state index contributed by atoms with van der Waals surface area (Å²) in [5.41, 5.74) is 4.12. The van der Waals surface area contributed by atoms with Gasteiger partial charge in [0.1, 0.15) is 18.7 Å². The van der Waals surface area contributed by atoms with Gasteiger partial charge in [-0.05, 0) is 31.3 Å². The van der Waals surface area contributed by atoms with E-state index in [-0.39, 0.29) is 12.5 Å². The number of para-hydroxylation sites is 3. The third-order valence-corrected chi connectivity index (χ3v) is 5.11. The van der Waals surface area contributed by atoms with Gasteiger partial charge in [-0.3, -0.25) is 4.79 Å². The summed E-state index contributed by atoms with van der Waals surface area (Å²) in [4.78, 5) is 24.3. The third kappa shape index (κ3) is 3.43. The zero-order valence-corrected chi connectivity index (χ0v) is 16.3. The summed E-state index contributed by atoms with van der Waals surface area (Å²) < 4.78 is 7.39. The van der Waals surface area contributed by atoms with Gasteiger partial charge in [0.15, 0.2) is 5.65 Å². The normalized spacial score (nSPS) is 11.7. The molecule has 0 bridgehead atoms. The highest BCUT2D eigenvalue weighted by molar-refractivity contribution is 6.06. The molecule has 0 N–H and O–H groups in total. The lowest BCUT2D eigenvalue weighted by Gasteiger charge is -2.17. The maximum Gasteiger partial charge on any atom is 0.326 e. The van der Waals surface area contributed by atoms with Crippen molar-refractivity contribution in [3.63, 3.8) is 0 Å². The Balaban J connectivity index is 1.67. The minimum absolute atomic E-state index is 0.120. The van der Waals surface area contributed by atoms with Crippen LogP contribution in [0.5, 0.6) is 0 Å². The van der Waals surface area contributed by atoms with Gasteiger partial charge in [0.05, 0.1) is 16.6 Å². The first kappa shape index (κ1) is 18.4. The molecule has 6 nitrogen and oxygen atoms in total. The van der Waals surface area contributed by atoms with Crippen LogP contribution in [0.3, 0.4) is 0 Å². The van der Waals surface area contributed by atoms with Crippen molar-refractivity contribution in [2.24, 2.45) is 0 Å². The molecule has 4 aromatic rings. The van der Waals surface area contributed by atoms with Crippen molar-refractivity contribution in [1.29, 1.82) is 0 Å². The standard InChI is InChI=1S/C22H24N4O2/c1-3-25(4-2)13-14-28-20(27)15-26-19-12-8-5-9-16(19)21-22(26)24-18-11-7-6-10-17(18)23-21/h5-12H,3-4,13-15H2,1-2H3. The molecular formula is C22H24N4O2. The minimum Gasteiger partial charge on any atom is -0.463 e. The van der Waals surface area contributed by atoms with Crippen LogP contribution in [0.2, 0.25) is 0 Å². The molecule has 2 heterocycles. The van der Waals surface area contributed by atoms with E-state index in [0.29, 0.717) is 12.3 Å². The Hall–Kier alpha value is -2.99. The van der Waals surface area contributed by atoms with Gasteiger partial charge in [-0.2, -0.15) is 0 Å². The summed E-state index contributed by atoms with van der Waals surface area (Å²) in [5.74, 6) is -0.259. The first-order valence-corrected chi connectivity index (χ1v) is 9.73. The van der Waals surface area contributed by atoms with E-state index in [4.69, 9.17) is 14.7 Å². The second-order valence-electron chi connectivity index (χ2n) is 6.74. The number of ether oxygens (including phenoxy) is 1. The summed E-state index contributed by atoms with van der Waals surface area (Å²) >= 11 is 0. The molecule has 0 fully saturated rings. The lowest BCUT2D eigenvalue weighted by molar-refractivity contribution is -0.144. The van der Waals surface area contributed by atoms with Crippen LogP contribution in [-0.2, 0) is 16.1 Å². The van der Waals surface area contributed by atoms with Crippen LogP contribution in [0.15, 0.2) is 48.5 Å². The number of carbonyl (C=O) groups excluding carboxylic acids is 1. The van der Waals surface area contributed by atoms with Gasteiger partial charge >= 0.3 is 5.97 Å². The molecule has 0 saturated heterocycles. The monoisotopic (exact) mass is 376 g/mol. The highest BCUT2D eigenvalue weighted by atomic mass is 16.5. The van der Waals surface area contributed by atoms with Gasteiger partial charge in [-0.25, -0.2) is 9.97 Å². The summed E-state index contributed by atoms with van der Waals surface area (Å²) in [7, 11) is 0. The molecular weight excluding hydrogens is 352 g/mol. The number of hydrogen-bond acceptors (Lipinski definition) is 5. The first-order valence-electron chi connectivity index (χ1n) is 9.73. The van der Waals surface area contributed by atoms with Gasteiger partial charge in [-0.1, -0.05) is 44.2 Å². The first-order chi connectivity index (χ1) is 13.7. The fourth-order valence-corrected chi connectivity index (χ4v) is 3.55. The number of carbonyl (C=O) groups is 1. The van der Waals surface area contributed by atoms with Crippen LogP contribution in [0.25, 0.3) is 33.1 Å². The fraction of sp³-hybridized carbons (Fsp3) is 0.318. The van der Waals surface area contributed by atoms with E-state index < -0.39 is 0 Å². The van der Waals surface area contributed by atoms with Crippen molar-refractivity contribution in [3.05, 3.63) is 48.5 Å². The van der Waals surface area contributed by atoms with E-state index >= 15 is 0 Å². The number of fused-ring (bicyclic) bond motifs is 4. The predicted octanol–water partition coefficient (Wildman–Crippen LogP) is 3.62. The molecule has 28 heavy (non-hydrogen) atoms. The second-order valence-corrected chi connectivity index (χ2v) is 6.74. The van der Waals surface area contributed by atoms with Gasteiger partial charge in [-0.15, -0.1) is 0 Å². The molecule has 144 valence electrons. The van der Waals surface area contributed by atoms with Crippen LogP contribution < -0.4 is 0 Å². The number of esters is 1.